The summed E-state index contributed by atoms with van der Waals surface area (Å²) >= 11 is 0. The molecule has 1 fully saturated rings. The largest absolute Gasteiger partial charge is 0.370 e. The summed E-state index contributed by atoms with van der Waals surface area (Å²) in [6, 6.07) is 10.6. The molecule has 2 aliphatic rings. The van der Waals surface area contributed by atoms with Crippen LogP contribution in [0.5, 0.6) is 0 Å². The third kappa shape index (κ3) is 3.58. The van der Waals surface area contributed by atoms with Crippen molar-refractivity contribution in [3.63, 3.8) is 0 Å². The smallest absolute Gasteiger partial charge is 0.222 e. The Labute approximate surface area is 147 Å². The molecule has 0 saturated carbocycles. The number of amides is 1. The van der Waals surface area contributed by atoms with Gasteiger partial charge in [0.2, 0.25) is 5.91 Å². The highest BCUT2D eigenvalue weighted by Crippen LogP contribution is 2.30. The van der Waals surface area contributed by atoms with E-state index in [-0.39, 0.29) is 18.1 Å². The molecule has 1 aromatic carbocycles. The third-order valence-electron chi connectivity index (χ3n) is 5.23. The molecule has 132 valence electrons. The minimum Gasteiger partial charge on any atom is -0.370 e. The van der Waals surface area contributed by atoms with Crippen molar-refractivity contribution in [3.8, 4) is 0 Å². The van der Waals surface area contributed by atoms with Gasteiger partial charge in [-0.3, -0.25) is 4.79 Å². The average Bonchev–Trinajstić information content (AvgIpc) is 3.15. The fourth-order valence-corrected chi connectivity index (χ4v) is 3.81. The average molecular weight is 340 g/mol. The Bertz CT molecular complexity index is 715. The normalized spacial score (nSPS) is 22.3. The van der Waals surface area contributed by atoms with Gasteiger partial charge < -0.3 is 9.64 Å². The number of unbranched alkanes of at least 4 members (excludes halogenated alkanes) is 1. The maximum Gasteiger partial charge on any atom is 0.222 e. The molecule has 0 aliphatic carbocycles. The van der Waals surface area contributed by atoms with Crippen LogP contribution in [0.4, 0.5) is 0 Å². The lowest BCUT2D eigenvalue weighted by Crippen LogP contribution is -2.49. The van der Waals surface area contributed by atoms with E-state index >= 15 is 0 Å². The number of fused-ring (bicyclic) bond motifs is 3. The first-order valence-electron chi connectivity index (χ1n) is 9.13. The van der Waals surface area contributed by atoms with E-state index in [1.165, 1.54) is 5.56 Å². The molecule has 25 heavy (non-hydrogen) atoms. The van der Waals surface area contributed by atoms with E-state index in [0.29, 0.717) is 19.6 Å². The number of aromatic nitrogens is 3. The van der Waals surface area contributed by atoms with Crippen molar-refractivity contribution in [2.24, 2.45) is 0 Å². The van der Waals surface area contributed by atoms with Gasteiger partial charge in [0.05, 0.1) is 30.6 Å². The lowest BCUT2D eigenvalue weighted by Gasteiger charge is -2.41. The van der Waals surface area contributed by atoms with Crippen molar-refractivity contribution in [2.75, 3.05) is 13.1 Å². The van der Waals surface area contributed by atoms with E-state index in [0.717, 1.165) is 37.9 Å². The SMILES string of the molecule is O=C(CCCCc1ccccc1)N1CC[C@H]2OCc3cnnn3[C@H]2C1. The Kier molecular flexibility index (Phi) is 4.78. The molecule has 4 rings (SSSR count). The molecule has 0 unspecified atom stereocenters. The maximum absolute atomic E-state index is 12.6. The Morgan fingerprint density at radius 3 is 3.00 bits per heavy atom. The standard InChI is InChI=1S/C19H24N4O2/c24-19(9-5-4-8-15-6-2-1-3-7-15)22-11-10-18-17(13-22)23-16(14-25-18)12-20-21-23/h1-3,6-7,12,17-18H,4-5,8-11,13-14H2/t17-,18+/m0/s1. The lowest BCUT2D eigenvalue weighted by molar-refractivity contribution is -0.138. The molecule has 1 aromatic heterocycles. The van der Waals surface area contributed by atoms with Gasteiger partial charge in [-0.2, -0.15) is 0 Å². The highest BCUT2D eigenvalue weighted by molar-refractivity contribution is 5.76. The topological polar surface area (TPSA) is 60.3 Å². The molecule has 1 amide bonds. The van der Waals surface area contributed by atoms with Crippen molar-refractivity contribution in [2.45, 2.75) is 50.9 Å². The Balaban J connectivity index is 1.27. The number of nitrogens with zero attached hydrogens (tertiary/aromatic N) is 4. The van der Waals surface area contributed by atoms with E-state index in [1.807, 2.05) is 15.6 Å². The van der Waals surface area contributed by atoms with Gasteiger partial charge in [0, 0.05) is 19.5 Å². The number of carbonyl (C=O) groups is 1. The summed E-state index contributed by atoms with van der Waals surface area (Å²) in [4.78, 5) is 14.6. The van der Waals surface area contributed by atoms with Gasteiger partial charge in [-0.05, 0) is 31.2 Å². The lowest BCUT2D eigenvalue weighted by atomic mass is 9.99. The van der Waals surface area contributed by atoms with Crippen LogP contribution in [0.1, 0.15) is 43.0 Å². The number of aryl methyl sites for hydroxylation is 1. The van der Waals surface area contributed by atoms with E-state index in [4.69, 9.17) is 4.74 Å². The number of piperidine rings is 1. The Morgan fingerprint density at radius 2 is 2.12 bits per heavy atom. The van der Waals surface area contributed by atoms with Crippen molar-refractivity contribution < 1.29 is 9.53 Å². The van der Waals surface area contributed by atoms with E-state index in [9.17, 15) is 4.79 Å². The number of likely N-dealkylation sites (tertiary alicyclic amines) is 1. The summed E-state index contributed by atoms with van der Waals surface area (Å²) in [6.07, 6.45) is 6.41. The first-order chi connectivity index (χ1) is 12.3. The second kappa shape index (κ2) is 7.35. The summed E-state index contributed by atoms with van der Waals surface area (Å²) < 4.78 is 7.85. The van der Waals surface area contributed by atoms with Crippen molar-refractivity contribution in [1.82, 2.24) is 19.9 Å². The van der Waals surface area contributed by atoms with Gasteiger partial charge >= 0.3 is 0 Å². The number of rotatable bonds is 5. The number of hydrogen-bond donors (Lipinski definition) is 0. The first kappa shape index (κ1) is 16.3. The van der Waals surface area contributed by atoms with Crippen LogP contribution in [0.3, 0.4) is 0 Å². The van der Waals surface area contributed by atoms with Gasteiger partial charge in [-0.25, -0.2) is 4.68 Å². The molecule has 2 atom stereocenters. The van der Waals surface area contributed by atoms with Crippen LogP contribution < -0.4 is 0 Å². The number of hydrogen-bond acceptors (Lipinski definition) is 4. The molecule has 0 N–H and O–H groups in total. The molecule has 0 spiro atoms. The monoisotopic (exact) mass is 340 g/mol. The predicted octanol–water partition coefficient (Wildman–Crippen LogP) is 2.36. The van der Waals surface area contributed by atoms with Crippen molar-refractivity contribution >= 4 is 5.91 Å². The number of carbonyl (C=O) groups excluding carboxylic acids is 1. The molecule has 2 aromatic rings. The number of ether oxygens (including phenoxy) is 1. The van der Waals surface area contributed by atoms with Crippen LogP contribution in [0.2, 0.25) is 0 Å². The summed E-state index contributed by atoms with van der Waals surface area (Å²) in [6.45, 7) is 2.03. The molecule has 1 saturated heterocycles. The molecule has 0 bridgehead atoms. The summed E-state index contributed by atoms with van der Waals surface area (Å²) in [5.41, 5.74) is 2.34. The minimum atomic E-state index is 0.105. The molecule has 2 aliphatic heterocycles. The van der Waals surface area contributed by atoms with Crippen LogP contribution in [0, 0.1) is 0 Å². The summed E-state index contributed by atoms with van der Waals surface area (Å²) in [7, 11) is 0. The fourth-order valence-electron chi connectivity index (χ4n) is 3.81. The highest BCUT2D eigenvalue weighted by Gasteiger charge is 2.37. The third-order valence-corrected chi connectivity index (χ3v) is 5.23. The highest BCUT2D eigenvalue weighted by atomic mass is 16.5. The first-order valence-corrected chi connectivity index (χ1v) is 9.13. The molecular formula is C19H24N4O2. The fraction of sp³-hybridized carbons (Fsp3) is 0.526. The molecular weight excluding hydrogens is 316 g/mol. The van der Waals surface area contributed by atoms with Gasteiger partial charge in [0.25, 0.3) is 0 Å². The second-order valence-corrected chi connectivity index (χ2v) is 6.91. The van der Waals surface area contributed by atoms with Crippen molar-refractivity contribution in [3.05, 3.63) is 47.8 Å². The van der Waals surface area contributed by atoms with E-state index in [1.54, 1.807) is 6.20 Å². The zero-order valence-corrected chi connectivity index (χ0v) is 14.4. The van der Waals surface area contributed by atoms with Crippen LogP contribution >= 0.6 is 0 Å². The summed E-state index contributed by atoms with van der Waals surface area (Å²) in [5.74, 6) is 0.249. The van der Waals surface area contributed by atoms with Crippen molar-refractivity contribution in [1.29, 1.82) is 0 Å². The predicted molar refractivity (Wildman–Crippen MR) is 92.8 cm³/mol. The zero-order valence-electron chi connectivity index (χ0n) is 14.4. The number of benzene rings is 1. The molecule has 0 radical (unpaired) electrons. The van der Waals surface area contributed by atoms with Gasteiger partial charge in [0.1, 0.15) is 0 Å². The van der Waals surface area contributed by atoms with Crippen LogP contribution in [0.25, 0.3) is 0 Å². The van der Waals surface area contributed by atoms with Crippen LogP contribution in [0.15, 0.2) is 36.5 Å². The summed E-state index contributed by atoms with van der Waals surface area (Å²) in [5, 5.41) is 8.18. The Hall–Kier alpha value is -2.21. The molecule has 6 heteroatoms. The molecule has 6 nitrogen and oxygen atoms in total. The maximum atomic E-state index is 12.6. The van der Waals surface area contributed by atoms with Gasteiger partial charge in [0.15, 0.2) is 0 Å². The van der Waals surface area contributed by atoms with Gasteiger partial charge in [-0.15, -0.1) is 5.10 Å². The molecule has 3 heterocycles. The second-order valence-electron chi connectivity index (χ2n) is 6.91. The Morgan fingerprint density at radius 1 is 1.24 bits per heavy atom. The minimum absolute atomic E-state index is 0.105. The zero-order chi connectivity index (χ0) is 17.1. The van der Waals surface area contributed by atoms with E-state index in [2.05, 4.69) is 34.6 Å². The van der Waals surface area contributed by atoms with Crippen LogP contribution in [-0.2, 0) is 22.6 Å². The van der Waals surface area contributed by atoms with E-state index < -0.39 is 0 Å². The van der Waals surface area contributed by atoms with Gasteiger partial charge in [-0.1, -0.05) is 35.5 Å². The quantitative estimate of drug-likeness (QED) is 0.784. The van der Waals surface area contributed by atoms with Crippen LogP contribution in [-0.4, -0.2) is 45.0 Å².